The van der Waals surface area contributed by atoms with Gasteiger partial charge in [0.2, 0.25) is 10.0 Å². The minimum absolute atomic E-state index is 0. The third-order valence-corrected chi connectivity index (χ3v) is 6.61. The van der Waals surface area contributed by atoms with Crippen LogP contribution in [0, 0.1) is 0 Å². The van der Waals surface area contributed by atoms with E-state index in [1.165, 1.54) is 0 Å². The van der Waals surface area contributed by atoms with Crippen LogP contribution in [0.3, 0.4) is 0 Å². The number of hydrogen-bond donors (Lipinski definition) is 1. The van der Waals surface area contributed by atoms with Crippen molar-refractivity contribution < 1.29 is 13.2 Å². The zero-order valence-electron chi connectivity index (χ0n) is 14.7. The minimum Gasteiger partial charge on any atom is -0.494 e. The second-order valence-electron chi connectivity index (χ2n) is 6.41. The fourth-order valence-corrected chi connectivity index (χ4v) is 4.84. The van der Waals surface area contributed by atoms with E-state index in [1.54, 1.807) is 28.6 Å². The van der Waals surface area contributed by atoms with Crippen LogP contribution in [0.5, 0.6) is 5.75 Å². The van der Waals surface area contributed by atoms with Gasteiger partial charge < -0.3 is 10.1 Å². The summed E-state index contributed by atoms with van der Waals surface area (Å²) in [6.07, 6.45) is 1.85. The van der Waals surface area contributed by atoms with Gasteiger partial charge in [-0.3, -0.25) is 4.90 Å². The highest BCUT2D eigenvalue weighted by atomic mass is 35.5. The molecule has 2 aliphatic rings. The van der Waals surface area contributed by atoms with Crippen molar-refractivity contribution in [1.29, 1.82) is 0 Å². The predicted molar refractivity (Wildman–Crippen MR) is 101 cm³/mol. The largest absolute Gasteiger partial charge is 0.494 e. The van der Waals surface area contributed by atoms with Crippen LogP contribution in [0.15, 0.2) is 29.2 Å². The van der Waals surface area contributed by atoms with Crippen LogP contribution in [-0.2, 0) is 10.0 Å². The summed E-state index contributed by atoms with van der Waals surface area (Å²) < 4.78 is 32.8. The molecule has 0 aliphatic carbocycles. The van der Waals surface area contributed by atoms with Crippen LogP contribution in [0.4, 0.5) is 0 Å². The maximum Gasteiger partial charge on any atom is 0.243 e. The SMILES string of the molecule is CCCOc1ccc(S(=O)(=O)N2CCC(N3CCNCC3)C2)cc1.Cl. The lowest BCUT2D eigenvalue weighted by Crippen LogP contribution is -2.49. The Kier molecular flexibility index (Phi) is 7.51. The second kappa shape index (κ2) is 9.19. The van der Waals surface area contributed by atoms with Crippen LogP contribution in [0.25, 0.3) is 0 Å². The monoisotopic (exact) mass is 389 g/mol. The van der Waals surface area contributed by atoms with E-state index >= 15 is 0 Å². The Balaban J connectivity index is 0.00000225. The Morgan fingerprint density at radius 2 is 1.84 bits per heavy atom. The van der Waals surface area contributed by atoms with Crippen molar-refractivity contribution in [1.82, 2.24) is 14.5 Å². The standard InChI is InChI=1S/C17H27N3O3S.ClH/c1-2-13-23-16-3-5-17(6-4-16)24(21,22)20-10-7-15(14-20)19-11-8-18-9-12-19;/h3-6,15,18H,2,7-14H2,1H3;1H. The van der Waals surface area contributed by atoms with Crippen LogP contribution >= 0.6 is 12.4 Å². The number of rotatable bonds is 6. The summed E-state index contributed by atoms with van der Waals surface area (Å²) in [5.74, 6) is 0.718. The molecule has 0 radical (unpaired) electrons. The fraction of sp³-hybridized carbons (Fsp3) is 0.647. The zero-order valence-corrected chi connectivity index (χ0v) is 16.3. The van der Waals surface area contributed by atoms with Crippen molar-refractivity contribution >= 4 is 22.4 Å². The van der Waals surface area contributed by atoms with E-state index in [0.29, 0.717) is 30.6 Å². The molecule has 1 unspecified atom stereocenters. The number of nitrogens with zero attached hydrogens (tertiary/aromatic N) is 2. The molecule has 25 heavy (non-hydrogen) atoms. The Bertz CT molecular complexity index is 633. The first-order valence-electron chi connectivity index (χ1n) is 8.79. The first-order valence-corrected chi connectivity index (χ1v) is 10.2. The average Bonchev–Trinajstić information content (AvgIpc) is 3.12. The third kappa shape index (κ3) is 4.86. The topological polar surface area (TPSA) is 61.9 Å². The highest BCUT2D eigenvalue weighted by molar-refractivity contribution is 7.89. The van der Waals surface area contributed by atoms with E-state index in [4.69, 9.17) is 4.74 Å². The normalized spacial score (nSPS) is 22.5. The lowest BCUT2D eigenvalue weighted by molar-refractivity contribution is 0.179. The van der Waals surface area contributed by atoms with E-state index < -0.39 is 10.0 Å². The van der Waals surface area contributed by atoms with Crippen molar-refractivity contribution in [2.45, 2.75) is 30.7 Å². The van der Waals surface area contributed by atoms with E-state index in [2.05, 4.69) is 10.2 Å². The number of piperazine rings is 1. The second-order valence-corrected chi connectivity index (χ2v) is 8.35. The molecule has 0 saturated carbocycles. The number of ether oxygens (including phenoxy) is 1. The Labute approximate surface area is 157 Å². The lowest BCUT2D eigenvalue weighted by Gasteiger charge is -2.32. The van der Waals surface area contributed by atoms with Gasteiger partial charge in [0.05, 0.1) is 11.5 Å². The molecule has 3 rings (SSSR count). The van der Waals surface area contributed by atoms with Crippen LogP contribution in [-0.4, -0.2) is 69.5 Å². The van der Waals surface area contributed by atoms with Crippen LogP contribution in [0.1, 0.15) is 19.8 Å². The van der Waals surface area contributed by atoms with E-state index in [-0.39, 0.29) is 12.4 Å². The van der Waals surface area contributed by atoms with Gasteiger partial charge in [0.1, 0.15) is 5.75 Å². The summed E-state index contributed by atoms with van der Waals surface area (Å²) in [5.41, 5.74) is 0. The summed E-state index contributed by atoms with van der Waals surface area (Å²) in [6, 6.07) is 7.13. The summed E-state index contributed by atoms with van der Waals surface area (Å²) in [6.45, 7) is 7.86. The van der Waals surface area contributed by atoms with Gasteiger partial charge in [0, 0.05) is 45.3 Å². The molecule has 2 fully saturated rings. The first kappa shape index (κ1) is 20.5. The highest BCUT2D eigenvalue weighted by Gasteiger charge is 2.35. The number of benzene rings is 1. The van der Waals surface area contributed by atoms with Crippen molar-refractivity contribution in [3.05, 3.63) is 24.3 Å². The number of nitrogens with one attached hydrogen (secondary N) is 1. The summed E-state index contributed by atoms with van der Waals surface area (Å²) in [5, 5.41) is 3.34. The molecule has 6 nitrogen and oxygen atoms in total. The molecule has 0 amide bonds. The molecule has 2 saturated heterocycles. The molecule has 1 aromatic carbocycles. The van der Waals surface area contributed by atoms with Crippen molar-refractivity contribution in [2.75, 3.05) is 45.9 Å². The molecule has 8 heteroatoms. The molecule has 1 atom stereocenters. The molecule has 1 N–H and O–H groups in total. The molecule has 142 valence electrons. The summed E-state index contributed by atoms with van der Waals surface area (Å²) >= 11 is 0. The van der Waals surface area contributed by atoms with Gasteiger partial charge >= 0.3 is 0 Å². The highest BCUT2D eigenvalue weighted by Crippen LogP contribution is 2.25. The fourth-order valence-electron chi connectivity index (χ4n) is 3.35. The van der Waals surface area contributed by atoms with Crippen molar-refractivity contribution in [3.63, 3.8) is 0 Å². The molecule has 0 bridgehead atoms. The van der Waals surface area contributed by atoms with Gasteiger partial charge in [-0.1, -0.05) is 6.92 Å². The lowest BCUT2D eigenvalue weighted by atomic mass is 10.2. The molecule has 1 aromatic rings. The number of sulfonamides is 1. The minimum atomic E-state index is -3.41. The first-order chi connectivity index (χ1) is 11.6. The summed E-state index contributed by atoms with van der Waals surface area (Å²) in [7, 11) is -3.41. The van der Waals surface area contributed by atoms with Crippen molar-refractivity contribution in [3.8, 4) is 5.75 Å². The van der Waals surface area contributed by atoms with Gasteiger partial charge in [-0.15, -0.1) is 12.4 Å². The molecular formula is C17H28ClN3O3S. The van der Waals surface area contributed by atoms with Gasteiger partial charge in [-0.2, -0.15) is 4.31 Å². The molecule has 2 aliphatic heterocycles. The maximum atomic E-state index is 12.8. The van der Waals surface area contributed by atoms with E-state index in [9.17, 15) is 8.42 Å². The smallest absolute Gasteiger partial charge is 0.243 e. The van der Waals surface area contributed by atoms with E-state index in [1.807, 2.05) is 6.92 Å². The van der Waals surface area contributed by atoms with Gasteiger partial charge in [-0.25, -0.2) is 8.42 Å². The molecule has 0 aromatic heterocycles. The Hall–Kier alpha value is -0.860. The van der Waals surface area contributed by atoms with Crippen LogP contribution < -0.4 is 10.1 Å². The van der Waals surface area contributed by atoms with Gasteiger partial charge in [0.15, 0.2) is 0 Å². The molecular weight excluding hydrogens is 362 g/mol. The summed E-state index contributed by atoms with van der Waals surface area (Å²) in [4.78, 5) is 2.76. The predicted octanol–water partition coefficient (Wildman–Crippen LogP) is 1.57. The third-order valence-electron chi connectivity index (χ3n) is 4.73. The van der Waals surface area contributed by atoms with E-state index in [0.717, 1.165) is 44.8 Å². The van der Waals surface area contributed by atoms with Crippen molar-refractivity contribution in [2.24, 2.45) is 0 Å². The van der Waals surface area contributed by atoms with Crippen LogP contribution in [0.2, 0.25) is 0 Å². The Morgan fingerprint density at radius 1 is 1.16 bits per heavy atom. The Morgan fingerprint density at radius 3 is 2.48 bits per heavy atom. The quantitative estimate of drug-likeness (QED) is 0.800. The zero-order chi connectivity index (χ0) is 17.0. The van der Waals surface area contributed by atoms with Gasteiger partial charge in [-0.05, 0) is 37.1 Å². The molecule has 2 heterocycles. The number of hydrogen-bond acceptors (Lipinski definition) is 5. The van der Waals surface area contributed by atoms with Gasteiger partial charge in [0.25, 0.3) is 0 Å². The average molecular weight is 390 g/mol. The number of halogens is 1. The maximum absolute atomic E-state index is 12.8. The molecule has 0 spiro atoms.